The highest BCUT2D eigenvalue weighted by atomic mass is 15.3. The monoisotopic (exact) mass is 345 g/mol. The highest BCUT2D eigenvalue weighted by molar-refractivity contribution is 5.79. The SMILES string of the molecule is CN=C(NCCCCN1CCN(Cc2ccccc2)CC1)NC(C)C. The van der Waals surface area contributed by atoms with Crippen molar-refractivity contribution in [1.82, 2.24) is 20.4 Å². The summed E-state index contributed by atoms with van der Waals surface area (Å²) >= 11 is 0. The number of guanidine groups is 1. The number of nitrogens with one attached hydrogen (secondary N) is 2. The molecule has 1 aliphatic heterocycles. The average Bonchev–Trinajstić information content (AvgIpc) is 2.62. The molecule has 5 nitrogen and oxygen atoms in total. The van der Waals surface area contributed by atoms with Crippen molar-refractivity contribution < 1.29 is 0 Å². The van der Waals surface area contributed by atoms with E-state index in [9.17, 15) is 0 Å². The van der Waals surface area contributed by atoms with Gasteiger partial charge in [0, 0.05) is 52.4 Å². The molecular weight excluding hydrogens is 310 g/mol. The van der Waals surface area contributed by atoms with Gasteiger partial charge in [0.2, 0.25) is 0 Å². The molecule has 1 fully saturated rings. The molecule has 2 rings (SSSR count). The summed E-state index contributed by atoms with van der Waals surface area (Å²) < 4.78 is 0. The second kappa shape index (κ2) is 11.1. The first-order valence-corrected chi connectivity index (χ1v) is 9.63. The topological polar surface area (TPSA) is 42.9 Å². The van der Waals surface area contributed by atoms with Gasteiger partial charge in [0.25, 0.3) is 0 Å². The molecule has 2 N–H and O–H groups in total. The van der Waals surface area contributed by atoms with Crippen LogP contribution in [-0.4, -0.2) is 68.1 Å². The standard InChI is InChI=1S/C20H35N5/c1-18(2)23-20(21-3)22-11-7-8-12-24-13-15-25(16-14-24)17-19-9-5-4-6-10-19/h4-6,9-10,18H,7-8,11-17H2,1-3H3,(H2,21,22,23). The van der Waals surface area contributed by atoms with E-state index >= 15 is 0 Å². The highest BCUT2D eigenvalue weighted by Crippen LogP contribution is 2.08. The Bertz CT molecular complexity index is 492. The van der Waals surface area contributed by atoms with Gasteiger partial charge in [-0.3, -0.25) is 9.89 Å². The summed E-state index contributed by atoms with van der Waals surface area (Å²) in [5.74, 6) is 0.907. The minimum absolute atomic E-state index is 0.415. The van der Waals surface area contributed by atoms with Crippen molar-refractivity contribution in [1.29, 1.82) is 0 Å². The zero-order valence-corrected chi connectivity index (χ0v) is 16.2. The van der Waals surface area contributed by atoms with E-state index in [1.807, 2.05) is 7.05 Å². The van der Waals surface area contributed by atoms with Crippen LogP contribution >= 0.6 is 0 Å². The van der Waals surface area contributed by atoms with Gasteiger partial charge in [-0.1, -0.05) is 30.3 Å². The molecule has 0 radical (unpaired) electrons. The van der Waals surface area contributed by atoms with Crippen molar-refractivity contribution in [2.45, 2.75) is 39.3 Å². The minimum Gasteiger partial charge on any atom is -0.356 e. The van der Waals surface area contributed by atoms with E-state index in [0.29, 0.717) is 6.04 Å². The Balaban J connectivity index is 1.54. The Kier molecular flexibility index (Phi) is 8.77. The Morgan fingerprint density at radius 2 is 1.72 bits per heavy atom. The van der Waals surface area contributed by atoms with Gasteiger partial charge in [-0.05, 0) is 38.8 Å². The number of unbranched alkanes of at least 4 members (excludes halogenated alkanes) is 1. The number of aliphatic imine (C=N–C) groups is 1. The molecule has 1 saturated heterocycles. The summed E-state index contributed by atoms with van der Waals surface area (Å²) in [6.07, 6.45) is 2.42. The van der Waals surface area contributed by atoms with Crippen molar-refractivity contribution in [3.63, 3.8) is 0 Å². The summed E-state index contributed by atoms with van der Waals surface area (Å²) in [7, 11) is 1.83. The largest absolute Gasteiger partial charge is 0.356 e. The first kappa shape index (κ1) is 19.7. The molecule has 1 aromatic carbocycles. The second-order valence-corrected chi connectivity index (χ2v) is 7.11. The third kappa shape index (κ3) is 7.88. The molecule has 0 aliphatic carbocycles. The maximum Gasteiger partial charge on any atom is 0.191 e. The van der Waals surface area contributed by atoms with E-state index in [2.05, 4.69) is 69.6 Å². The third-order valence-electron chi connectivity index (χ3n) is 4.56. The average molecular weight is 346 g/mol. The summed E-state index contributed by atoms with van der Waals surface area (Å²) in [6.45, 7) is 12.3. The van der Waals surface area contributed by atoms with E-state index in [0.717, 1.165) is 19.0 Å². The predicted octanol–water partition coefficient (Wildman–Crippen LogP) is 2.16. The molecule has 0 amide bonds. The molecule has 1 heterocycles. The maximum atomic E-state index is 4.24. The van der Waals surface area contributed by atoms with Crippen molar-refractivity contribution >= 4 is 5.96 Å². The molecule has 0 bridgehead atoms. The Morgan fingerprint density at radius 3 is 2.36 bits per heavy atom. The third-order valence-corrected chi connectivity index (χ3v) is 4.56. The molecule has 140 valence electrons. The van der Waals surface area contributed by atoms with E-state index < -0.39 is 0 Å². The quantitative estimate of drug-likeness (QED) is 0.430. The lowest BCUT2D eigenvalue weighted by atomic mass is 10.2. The Morgan fingerprint density at radius 1 is 1.04 bits per heavy atom. The molecule has 0 saturated carbocycles. The van der Waals surface area contributed by atoms with Gasteiger partial charge in [-0.25, -0.2) is 0 Å². The van der Waals surface area contributed by atoms with Crippen molar-refractivity contribution in [2.24, 2.45) is 4.99 Å². The Hall–Kier alpha value is -1.59. The van der Waals surface area contributed by atoms with Crippen LogP contribution in [0.3, 0.4) is 0 Å². The fraction of sp³-hybridized carbons (Fsp3) is 0.650. The number of benzene rings is 1. The highest BCUT2D eigenvalue weighted by Gasteiger charge is 2.16. The summed E-state index contributed by atoms with van der Waals surface area (Å²) in [4.78, 5) is 9.40. The van der Waals surface area contributed by atoms with Crippen LogP contribution in [-0.2, 0) is 6.54 Å². The lowest BCUT2D eigenvalue weighted by Gasteiger charge is -2.34. The molecule has 1 aromatic rings. The van der Waals surface area contributed by atoms with Gasteiger partial charge in [0.1, 0.15) is 0 Å². The fourth-order valence-electron chi connectivity index (χ4n) is 3.15. The second-order valence-electron chi connectivity index (χ2n) is 7.11. The molecule has 0 aromatic heterocycles. The van der Waals surface area contributed by atoms with Crippen LogP contribution in [0.1, 0.15) is 32.3 Å². The first-order valence-electron chi connectivity index (χ1n) is 9.63. The summed E-state index contributed by atoms with van der Waals surface area (Å²) in [5, 5.41) is 6.70. The zero-order valence-electron chi connectivity index (χ0n) is 16.2. The number of nitrogens with zero attached hydrogens (tertiary/aromatic N) is 3. The lowest BCUT2D eigenvalue weighted by Crippen LogP contribution is -2.46. The van der Waals surface area contributed by atoms with Crippen LogP contribution in [0.25, 0.3) is 0 Å². The number of rotatable bonds is 8. The van der Waals surface area contributed by atoms with E-state index in [-0.39, 0.29) is 0 Å². The van der Waals surface area contributed by atoms with Gasteiger partial charge in [-0.15, -0.1) is 0 Å². The van der Waals surface area contributed by atoms with Gasteiger partial charge in [-0.2, -0.15) is 0 Å². The molecule has 0 atom stereocenters. The number of hydrogen-bond acceptors (Lipinski definition) is 3. The molecule has 0 spiro atoms. The van der Waals surface area contributed by atoms with Crippen LogP contribution in [0.5, 0.6) is 0 Å². The van der Waals surface area contributed by atoms with Crippen molar-refractivity contribution in [3.8, 4) is 0 Å². The molecule has 0 unspecified atom stereocenters. The normalized spacial score (nSPS) is 17.0. The van der Waals surface area contributed by atoms with Crippen LogP contribution in [0.2, 0.25) is 0 Å². The van der Waals surface area contributed by atoms with E-state index in [1.165, 1.54) is 51.1 Å². The lowest BCUT2D eigenvalue weighted by molar-refractivity contribution is 0.126. The molecular formula is C20H35N5. The van der Waals surface area contributed by atoms with E-state index in [1.54, 1.807) is 0 Å². The number of piperazine rings is 1. The van der Waals surface area contributed by atoms with Crippen LogP contribution < -0.4 is 10.6 Å². The van der Waals surface area contributed by atoms with Crippen molar-refractivity contribution in [2.75, 3.05) is 46.3 Å². The zero-order chi connectivity index (χ0) is 17.9. The van der Waals surface area contributed by atoms with Crippen LogP contribution in [0.15, 0.2) is 35.3 Å². The first-order chi connectivity index (χ1) is 12.2. The van der Waals surface area contributed by atoms with Gasteiger partial charge >= 0.3 is 0 Å². The Labute approximate surface area is 153 Å². The van der Waals surface area contributed by atoms with Crippen LogP contribution in [0, 0.1) is 0 Å². The van der Waals surface area contributed by atoms with Gasteiger partial charge in [0.05, 0.1) is 0 Å². The fourth-order valence-corrected chi connectivity index (χ4v) is 3.15. The molecule has 25 heavy (non-hydrogen) atoms. The summed E-state index contributed by atoms with van der Waals surface area (Å²) in [6, 6.07) is 11.2. The van der Waals surface area contributed by atoms with Crippen LogP contribution in [0.4, 0.5) is 0 Å². The summed E-state index contributed by atoms with van der Waals surface area (Å²) in [5.41, 5.74) is 1.42. The smallest absolute Gasteiger partial charge is 0.191 e. The molecule has 5 heteroatoms. The van der Waals surface area contributed by atoms with E-state index in [4.69, 9.17) is 0 Å². The predicted molar refractivity (Wildman–Crippen MR) is 107 cm³/mol. The molecule has 1 aliphatic rings. The van der Waals surface area contributed by atoms with Gasteiger partial charge in [0.15, 0.2) is 5.96 Å². The van der Waals surface area contributed by atoms with Crippen molar-refractivity contribution in [3.05, 3.63) is 35.9 Å². The number of hydrogen-bond donors (Lipinski definition) is 2. The minimum atomic E-state index is 0.415. The van der Waals surface area contributed by atoms with Gasteiger partial charge < -0.3 is 15.5 Å². The maximum absolute atomic E-state index is 4.24.